The van der Waals surface area contributed by atoms with Crippen LogP contribution in [0.15, 0.2) is 60.7 Å². The van der Waals surface area contributed by atoms with Crippen molar-refractivity contribution < 1.29 is 9.53 Å². The fraction of sp³-hybridized carbons (Fsp3) is 0.348. The first kappa shape index (κ1) is 16.3. The molecule has 0 radical (unpaired) electrons. The molecule has 2 heteroatoms. The van der Waals surface area contributed by atoms with E-state index in [9.17, 15) is 4.79 Å². The molecule has 2 aliphatic heterocycles. The Labute approximate surface area is 149 Å². The van der Waals surface area contributed by atoms with Crippen LogP contribution in [0, 0.1) is 16.7 Å². The Morgan fingerprint density at radius 1 is 0.880 bits per heavy atom. The van der Waals surface area contributed by atoms with Crippen molar-refractivity contribution >= 4 is 17.4 Å². The van der Waals surface area contributed by atoms with Gasteiger partial charge in [-0.25, -0.2) is 0 Å². The fourth-order valence-corrected chi connectivity index (χ4v) is 4.76. The highest BCUT2D eigenvalue weighted by Gasteiger charge is 2.53. The highest BCUT2D eigenvalue weighted by molar-refractivity contribution is 5.98. The predicted octanol–water partition coefficient (Wildman–Crippen LogP) is 4.86. The molecule has 3 aliphatic rings. The molecule has 5 rings (SSSR count). The Morgan fingerprint density at radius 3 is 2.00 bits per heavy atom. The summed E-state index contributed by atoms with van der Waals surface area (Å²) in [5.41, 5.74) is 4.61. The van der Waals surface area contributed by atoms with Gasteiger partial charge in [0.15, 0.2) is 0 Å². The molecule has 0 spiro atoms. The van der Waals surface area contributed by atoms with Gasteiger partial charge in [0.25, 0.3) is 0 Å². The summed E-state index contributed by atoms with van der Waals surface area (Å²) < 4.78 is 6.12. The number of hydrogen-bond donors (Lipinski definition) is 0. The van der Waals surface area contributed by atoms with Gasteiger partial charge in [0.05, 0.1) is 13.2 Å². The monoisotopic (exact) mass is 332 g/mol. The summed E-state index contributed by atoms with van der Waals surface area (Å²) in [6, 6.07) is 21.1. The van der Waals surface area contributed by atoms with Gasteiger partial charge in [-0.05, 0) is 28.7 Å². The lowest BCUT2D eigenvalue weighted by atomic mass is 9.55. The van der Waals surface area contributed by atoms with E-state index in [1.54, 1.807) is 0 Å². The van der Waals surface area contributed by atoms with Crippen LogP contribution in [0.4, 0.5) is 0 Å². The first-order valence-electron chi connectivity index (χ1n) is 8.98. The number of carbonyl (C=O) groups is 1. The summed E-state index contributed by atoms with van der Waals surface area (Å²) >= 11 is 0. The van der Waals surface area contributed by atoms with Gasteiger partial charge in [0, 0.05) is 16.7 Å². The molecule has 0 saturated carbocycles. The molecule has 3 unspecified atom stereocenters. The van der Waals surface area contributed by atoms with E-state index < -0.39 is 0 Å². The number of rotatable bonds is 3. The zero-order valence-corrected chi connectivity index (χ0v) is 14.9. The zero-order valence-electron chi connectivity index (χ0n) is 14.9. The molecule has 3 atom stereocenters. The second kappa shape index (κ2) is 5.96. The van der Waals surface area contributed by atoms with Crippen LogP contribution in [0.2, 0.25) is 0 Å². The third-order valence-corrected chi connectivity index (χ3v) is 6.03. The van der Waals surface area contributed by atoms with Crippen LogP contribution >= 0.6 is 0 Å². The average molecular weight is 332 g/mol. The lowest BCUT2D eigenvalue weighted by Gasteiger charge is -2.46. The molecule has 1 fully saturated rings. The zero-order chi connectivity index (χ0) is 17.5. The maximum absolute atomic E-state index is 12.0. The van der Waals surface area contributed by atoms with Crippen LogP contribution in [0.3, 0.4) is 0 Å². The topological polar surface area (TPSA) is 26.3 Å². The van der Waals surface area contributed by atoms with E-state index in [2.05, 4.69) is 68.4 Å². The van der Waals surface area contributed by atoms with Gasteiger partial charge in [-0.1, -0.05) is 74.5 Å². The second-order valence-electron chi connectivity index (χ2n) is 7.90. The Balaban J connectivity index is 2.08. The number of fused-ring (bicyclic) bond motifs is 3. The number of carbonyl (C=O) groups excluding carboxylic acids is 1. The van der Waals surface area contributed by atoms with E-state index >= 15 is 0 Å². The smallest absolute Gasteiger partial charge is 0.124 e. The molecule has 1 aliphatic carbocycles. The van der Waals surface area contributed by atoms with Crippen LogP contribution < -0.4 is 0 Å². The lowest BCUT2D eigenvalue weighted by molar-refractivity contribution is -0.114. The largest absolute Gasteiger partial charge is 0.380 e. The van der Waals surface area contributed by atoms with Gasteiger partial charge < -0.3 is 9.53 Å². The van der Waals surface area contributed by atoms with Gasteiger partial charge in [-0.15, -0.1) is 0 Å². The summed E-state index contributed by atoms with van der Waals surface area (Å²) in [4.78, 5) is 12.0. The summed E-state index contributed by atoms with van der Waals surface area (Å²) in [6.07, 6.45) is 1.99. The van der Waals surface area contributed by atoms with E-state index in [1.807, 2.05) is 6.07 Å². The molecular formula is C23H24O2. The summed E-state index contributed by atoms with van der Waals surface area (Å²) in [6.45, 7) is 5.70. The number of benzene rings is 2. The minimum atomic E-state index is -0.301. The second-order valence-corrected chi connectivity index (χ2v) is 7.90. The van der Waals surface area contributed by atoms with E-state index in [4.69, 9.17) is 4.74 Å². The average Bonchev–Trinajstić information content (AvgIpc) is 2.85. The minimum absolute atomic E-state index is 0.0253. The van der Waals surface area contributed by atoms with Crippen molar-refractivity contribution in [1.82, 2.24) is 0 Å². The number of ether oxygens (including phenoxy) is 1. The van der Waals surface area contributed by atoms with Crippen LogP contribution in [0.25, 0.3) is 11.1 Å². The standard InChI is InChI=1S/C23H24O2/c1-22-13-19(14-24)23(2,16-25-15-22)21(18-11-7-4-8-12-18)20(22)17-9-5-3-6-10-17/h3-12,14,19H,13,15-16H2,1-2H3. The maximum Gasteiger partial charge on any atom is 0.124 e. The minimum Gasteiger partial charge on any atom is -0.380 e. The van der Waals surface area contributed by atoms with Gasteiger partial charge in [-0.2, -0.15) is 0 Å². The summed E-state index contributed by atoms with van der Waals surface area (Å²) in [7, 11) is 0. The molecule has 2 heterocycles. The normalized spacial score (nSPS) is 31.7. The molecule has 2 aromatic carbocycles. The third kappa shape index (κ3) is 2.47. The molecule has 2 aromatic rings. The fourth-order valence-electron chi connectivity index (χ4n) is 4.76. The van der Waals surface area contributed by atoms with E-state index in [-0.39, 0.29) is 16.7 Å². The van der Waals surface area contributed by atoms with Gasteiger partial charge in [0.1, 0.15) is 6.29 Å². The van der Waals surface area contributed by atoms with E-state index in [0.29, 0.717) is 13.2 Å². The molecule has 128 valence electrons. The molecule has 0 N–H and O–H groups in total. The number of hydrogen-bond acceptors (Lipinski definition) is 2. The van der Waals surface area contributed by atoms with Crippen molar-refractivity contribution in [1.29, 1.82) is 0 Å². The van der Waals surface area contributed by atoms with Gasteiger partial charge >= 0.3 is 0 Å². The van der Waals surface area contributed by atoms with Gasteiger partial charge in [0.2, 0.25) is 0 Å². The van der Waals surface area contributed by atoms with Crippen molar-refractivity contribution in [3.05, 3.63) is 71.8 Å². The van der Waals surface area contributed by atoms with Crippen LogP contribution in [-0.4, -0.2) is 19.5 Å². The molecule has 2 nitrogen and oxygen atoms in total. The van der Waals surface area contributed by atoms with Crippen molar-refractivity contribution in [2.24, 2.45) is 16.7 Å². The Morgan fingerprint density at radius 2 is 1.44 bits per heavy atom. The summed E-state index contributed by atoms with van der Waals surface area (Å²) in [5, 5.41) is 0. The van der Waals surface area contributed by atoms with Gasteiger partial charge in [-0.3, -0.25) is 0 Å². The SMILES string of the molecule is CC12COCC(C)(C(c3ccccc3)=C1c1ccccc1)C(C=O)C2. The molecule has 2 bridgehead atoms. The van der Waals surface area contributed by atoms with Crippen LogP contribution in [0.5, 0.6) is 0 Å². The molecule has 0 amide bonds. The molecule has 0 aromatic heterocycles. The van der Waals surface area contributed by atoms with Crippen molar-refractivity contribution in [2.45, 2.75) is 20.3 Å². The van der Waals surface area contributed by atoms with Crippen molar-refractivity contribution in [3.63, 3.8) is 0 Å². The van der Waals surface area contributed by atoms with E-state index in [1.165, 1.54) is 22.3 Å². The first-order valence-corrected chi connectivity index (χ1v) is 8.98. The summed E-state index contributed by atoms with van der Waals surface area (Å²) in [5.74, 6) is -0.0253. The molecular weight excluding hydrogens is 308 g/mol. The third-order valence-electron chi connectivity index (χ3n) is 6.03. The highest BCUT2D eigenvalue weighted by atomic mass is 16.5. The Hall–Kier alpha value is -2.19. The first-order chi connectivity index (χ1) is 12.1. The van der Waals surface area contributed by atoms with Crippen LogP contribution in [-0.2, 0) is 9.53 Å². The maximum atomic E-state index is 12.0. The van der Waals surface area contributed by atoms with Crippen molar-refractivity contribution in [2.75, 3.05) is 13.2 Å². The predicted molar refractivity (Wildman–Crippen MR) is 101 cm³/mol. The number of aldehydes is 1. The quantitative estimate of drug-likeness (QED) is 0.750. The van der Waals surface area contributed by atoms with Crippen molar-refractivity contribution in [3.8, 4) is 0 Å². The van der Waals surface area contributed by atoms with E-state index in [0.717, 1.165) is 12.7 Å². The Bertz CT molecular complexity index is 809. The van der Waals surface area contributed by atoms with Crippen LogP contribution in [0.1, 0.15) is 31.4 Å². The molecule has 1 saturated heterocycles. The molecule has 25 heavy (non-hydrogen) atoms. The lowest BCUT2D eigenvalue weighted by Crippen LogP contribution is -2.40. The Kier molecular flexibility index (Phi) is 3.88. The highest BCUT2D eigenvalue weighted by Crippen LogP contribution is 2.60.